The Balaban J connectivity index is 2.76. The van der Waals surface area contributed by atoms with E-state index in [2.05, 4.69) is 24.8 Å². The molecule has 3 heteroatoms. The highest BCUT2D eigenvalue weighted by molar-refractivity contribution is 5.39. The van der Waals surface area contributed by atoms with Gasteiger partial charge in [-0.25, -0.2) is 0 Å². The number of nitrogens with zero attached hydrogens (tertiary/aromatic N) is 2. The number of hydrogen-bond acceptors (Lipinski definition) is 3. The van der Waals surface area contributed by atoms with Crippen molar-refractivity contribution in [3.8, 4) is 6.07 Å². The summed E-state index contributed by atoms with van der Waals surface area (Å²) in [4.78, 5) is 2.16. The van der Waals surface area contributed by atoms with E-state index in [1.54, 1.807) is 0 Å². The molecule has 0 heterocycles. The molecule has 0 amide bonds. The van der Waals surface area contributed by atoms with E-state index in [1.165, 1.54) is 5.56 Å². The first-order valence-electron chi connectivity index (χ1n) is 5.54. The van der Waals surface area contributed by atoms with E-state index in [1.807, 2.05) is 31.2 Å². The van der Waals surface area contributed by atoms with Gasteiger partial charge in [0.15, 0.2) is 0 Å². The molecule has 16 heavy (non-hydrogen) atoms. The van der Waals surface area contributed by atoms with E-state index < -0.39 is 0 Å². The summed E-state index contributed by atoms with van der Waals surface area (Å²) in [6.07, 6.45) is 0. The Kier molecular flexibility index (Phi) is 4.33. The van der Waals surface area contributed by atoms with Gasteiger partial charge in [-0.1, -0.05) is 12.1 Å². The second kappa shape index (κ2) is 5.53. The molecule has 0 aliphatic rings. The zero-order chi connectivity index (χ0) is 12.1. The third kappa shape index (κ3) is 3.25. The van der Waals surface area contributed by atoms with Crippen molar-refractivity contribution in [1.29, 1.82) is 5.26 Å². The zero-order valence-corrected chi connectivity index (χ0v) is 10.1. The van der Waals surface area contributed by atoms with Gasteiger partial charge in [-0.15, -0.1) is 0 Å². The van der Waals surface area contributed by atoms with Gasteiger partial charge in [0.25, 0.3) is 0 Å². The van der Waals surface area contributed by atoms with Crippen LogP contribution in [-0.4, -0.2) is 17.0 Å². The molecule has 86 valence electrons. The van der Waals surface area contributed by atoms with Gasteiger partial charge >= 0.3 is 0 Å². The van der Waals surface area contributed by atoms with E-state index in [0.717, 1.165) is 12.2 Å². The van der Waals surface area contributed by atoms with Gasteiger partial charge in [-0.05, 0) is 38.5 Å². The van der Waals surface area contributed by atoms with Gasteiger partial charge in [0, 0.05) is 18.3 Å². The normalized spacial score (nSPS) is 12.8. The van der Waals surface area contributed by atoms with Gasteiger partial charge in [-0.3, -0.25) is 4.90 Å². The summed E-state index contributed by atoms with van der Waals surface area (Å²) < 4.78 is 0. The number of nitrogens with two attached hydrogens (primary N) is 1. The molecule has 1 unspecified atom stereocenters. The molecule has 0 fully saturated rings. The number of benzene rings is 1. The zero-order valence-electron chi connectivity index (χ0n) is 10.1. The second-order valence-corrected chi connectivity index (χ2v) is 4.31. The molecule has 0 saturated heterocycles. The van der Waals surface area contributed by atoms with Crippen LogP contribution in [0.25, 0.3) is 0 Å². The second-order valence-electron chi connectivity index (χ2n) is 4.31. The first-order valence-corrected chi connectivity index (χ1v) is 5.54. The molecule has 0 aromatic heterocycles. The predicted molar refractivity (Wildman–Crippen MR) is 66.6 cm³/mol. The van der Waals surface area contributed by atoms with Gasteiger partial charge in [-0.2, -0.15) is 5.26 Å². The Bertz CT molecular complexity index is 362. The molecule has 0 radical (unpaired) electrons. The van der Waals surface area contributed by atoms with E-state index in [-0.39, 0.29) is 6.04 Å². The first-order chi connectivity index (χ1) is 7.54. The average molecular weight is 217 g/mol. The SMILES string of the molecule is CC(C)N(Cc1ccc(N)cc1)C(C)C#N. The van der Waals surface area contributed by atoms with E-state index in [4.69, 9.17) is 11.0 Å². The topological polar surface area (TPSA) is 53.0 Å². The Hall–Kier alpha value is -1.53. The molecular weight excluding hydrogens is 198 g/mol. The summed E-state index contributed by atoms with van der Waals surface area (Å²) >= 11 is 0. The maximum Gasteiger partial charge on any atom is 0.0954 e. The van der Waals surface area contributed by atoms with Crippen LogP contribution < -0.4 is 5.73 Å². The van der Waals surface area contributed by atoms with Crippen molar-refractivity contribution in [2.24, 2.45) is 0 Å². The molecule has 0 spiro atoms. The molecule has 1 atom stereocenters. The van der Waals surface area contributed by atoms with Gasteiger partial charge < -0.3 is 5.73 Å². The van der Waals surface area contributed by atoms with Crippen LogP contribution in [0.2, 0.25) is 0 Å². The van der Waals surface area contributed by atoms with Crippen LogP contribution in [0.5, 0.6) is 0 Å². The van der Waals surface area contributed by atoms with Crippen molar-refractivity contribution in [3.63, 3.8) is 0 Å². The summed E-state index contributed by atoms with van der Waals surface area (Å²) in [5, 5.41) is 8.96. The van der Waals surface area contributed by atoms with Crippen LogP contribution in [0.15, 0.2) is 24.3 Å². The van der Waals surface area contributed by atoms with Crippen molar-refractivity contribution in [2.45, 2.75) is 39.4 Å². The highest BCUT2D eigenvalue weighted by atomic mass is 15.2. The highest BCUT2D eigenvalue weighted by Gasteiger charge is 2.16. The minimum Gasteiger partial charge on any atom is -0.399 e. The Morgan fingerprint density at radius 1 is 1.25 bits per heavy atom. The quantitative estimate of drug-likeness (QED) is 0.788. The largest absolute Gasteiger partial charge is 0.399 e. The summed E-state index contributed by atoms with van der Waals surface area (Å²) in [5.41, 5.74) is 7.59. The number of rotatable bonds is 4. The lowest BCUT2D eigenvalue weighted by atomic mass is 10.1. The lowest BCUT2D eigenvalue weighted by molar-refractivity contribution is 0.187. The van der Waals surface area contributed by atoms with E-state index in [9.17, 15) is 0 Å². The standard InChI is InChI=1S/C13H19N3/c1-10(2)16(11(3)8-14)9-12-4-6-13(15)7-5-12/h4-7,10-11H,9,15H2,1-3H3. The van der Waals surface area contributed by atoms with Gasteiger partial charge in [0.2, 0.25) is 0 Å². The molecule has 0 aliphatic carbocycles. The molecule has 3 nitrogen and oxygen atoms in total. The van der Waals surface area contributed by atoms with Crippen molar-refractivity contribution < 1.29 is 0 Å². The lowest BCUT2D eigenvalue weighted by Gasteiger charge is -2.28. The molecule has 0 bridgehead atoms. The minimum atomic E-state index is -0.0717. The molecule has 2 N–H and O–H groups in total. The summed E-state index contributed by atoms with van der Waals surface area (Å²) in [7, 11) is 0. The van der Waals surface area contributed by atoms with Crippen LogP contribution in [0.4, 0.5) is 5.69 Å². The third-order valence-corrected chi connectivity index (χ3v) is 2.69. The molecule has 1 aromatic carbocycles. The Morgan fingerprint density at radius 3 is 2.25 bits per heavy atom. The number of hydrogen-bond donors (Lipinski definition) is 1. The van der Waals surface area contributed by atoms with Crippen LogP contribution in [0.1, 0.15) is 26.3 Å². The van der Waals surface area contributed by atoms with Crippen molar-refractivity contribution in [2.75, 3.05) is 5.73 Å². The van der Waals surface area contributed by atoms with E-state index in [0.29, 0.717) is 6.04 Å². The van der Waals surface area contributed by atoms with Crippen LogP contribution in [0.3, 0.4) is 0 Å². The fourth-order valence-corrected chi connectivity index (χ4v) is 1.67. The van der Waals surface area contributed by atoms with Crippen molar-refractivity contribution in [3.05, 3.63) is 29.8 Å². The molecule has 1 aromatic rings. The smallest absolute Gasteiger partial charge is 0.0954 e. The monoisotopic (exact) mass is 217 g/mol. The molecule has 0 aliphatic heterocycles. The van der Waals surface area contributed by atoms with Crippen LogP contribution in [0, 0.1) is 11.3 Å². The van der Waals surface area contributed by atoms with Crippen molar-refractivity contribution in [1.82, 2.24) is 4.90 Å². The Labute approximate surface area is 97.5 Å². The summed E-state index contributed by atoms with van der Waals surface area (Å²) in [5.74, 6) is 0. The fourth-order valence-electron chi connectivity index (χ4n) is 1.67. The highest BCUT2D eigenvalue weighted by Crippen LogP contribution is 2.13. The number of nitriles is 1. The third-order valence-electron chi connectivity index (χ3n) is 2.69. The summed E-state index contributed by atoms with van der Waals surface area (Å²) in [6, 6.07) is 10.4. The minimum absolute atomic E-state index is 0.0717. The van der Waals surface area contributed by atoms with Crippen LogP contribution in [-0.2, 0) is 6.54 Å². The van der Waals surface area contributed by atoms with Gasteiger partial charge in [0.1, 0.15) is 0 Å². The predicted octanol–water partition coefficient (Wildman–Crippen LogP) is 2.39. The number of nitrogen functional groups attached to an aromatic ring is 1. The lowest BCUT2D eigenvalue weighted by Crippen LogP contribution is -2.37. The average Bonchev–Trinajstić information content (AvgIpc) is 2.27. The maximum atomic E-state index is 8.96. The Morgan fingerprint density at radius 2 is 1.81 bits per heavy atom. The molecular formula is C13H19N3. The summed E-state index contributed by atoms with van der Waals surface area (Å²) in [6.45, 7) is 6.92. The van der Waals surface area contributed by atoms with E-state index >= 15 is 0 Å². The molecule has 1 rings (SSSR count). The maximum absolute atomic E-state index is 8.96. The van der Waals surface area contributed by atoms with Crippen molar-refractivity contribution >= 4 is 5.69 Å². The van der Waals surface area contributed by atoms with Gasteiger partial charge in [0.05, 0.1) is 12.1 Å². The first kappa shape index (κ1) is 12.5. The van der Waals surface area contributed by atoms with Crippen LogP contribution >= 0.6 is 0 Å². The number of anilines is 1. The molecule has 0 saturated carbocycles. The fraction of sp³-hybridized carbons (Fsp3) is 0.462.